The second kappa shape index (κ2) is 7.79. The van der Waals surface area contributed by atoms with E-state index in [1.54, 1.807) is 29.2 Å². The van der Waals surface area contributed by atoms with Gasteiger partial charge in [0.2, 0.25) is 0 Å². The molecule has 0 saturated carbocycles. The quantitative estimate of drug-likeness (QED) is 0.427. The Morgan fingerprint density at radius 2 is 1.94 bits per heavy atom. The fraction of sp³-hybridized carbons (Fsp3) is 0.0417. The molecule has 7 heteroatoms. The number of hydrogen-bond acceptors (Lipinski definition) is 4. The maximum atomic E-state index is 12.8. The number of carbonyl (C=O) groups is 1. The van der Waals surface area contributed by atoms with E-state index in [4.69, 9.17) is 4.74 Å². The van der Waals surface area contributed by atoms with Gasteiger partial charge in [0, 0.05) is 65.5 Å². The first-order valence-electron chi connectivity index (χ1n) is 9.76. The number of carbonyl (C=O) groups excluding carboxylic acids is 1. The molecule has 0 fully saturated rings. The molecule has 1 amide bonds. The molecule has 0 unspecified atom stereocenters. The summed E-state index contributed by atoms with van der Waals surface area (Å²) >= 11 is 0. The van der Waals surface area contributed by atoms with E-state index in [9.17, 15) is 4.79 Å². The number of H-pyrrole nitrogens is 1. The van der Waals surface area contributed by atoms with Crippen LogP contribution in [0.3, 0.4) is 0 Å². The predicted octanol–water partition coefficient (Wildman–Crippen LogP) is 5.01. The zero-order valence-electron chi connectivity index (χ0n) is 16.7. The molecule has 5 aromatic rings. The molecular weight excluding hydrogens is 390 g/mol. The first kappa shape index (κ1) is 18.6. The maximum absolute atomic E-state index is 12.8. The average Bonchev–Trinajstić information content (AvgIpc) is 3.43. The van der Waals surface area contributed by atoms with Crippen molar-refractivity contribution in [1.29, 1.82) is 0 Å². The van der Waals surface area contributed by atoms with Crippen molar-refractivity contribution in [1.82, 2.24) is 19.7 Å². The topological polar surface area (TPSA) is 84.8 Å². The fourth-order valence-corrected chi connectivity index (χ4v) is 3.44. The summed E-state index contributed by atoms with van der Waals surface area (Å²) in [7, 11) is 1.86. The van der Waals surface area contributed by atoms with Gasteiger partial charge in [0.25, 0.3) is 5.91 Å². The van der Waals surface area contributed by atoms with E-state index in [0.29, 0.717) is 22.7 Å². The molecule has 152 valence electrons. The number of aryl methyl sites for hydroxylation is 1. The zero-order chi connectivity index (χ0) is 21.2. The number of nitrogens with zero attached hydrogens (tertiary/aromatic N) is 3. The number of hydrogen-bond donors (Lipinski definition) is 2. The highest BCUT2D eigenvalue weighted by molar-refractivity contribution is 6.12. The summed E-state index contributed by atoms with van der Waals surface area (Å²) in [5, 5.41) is 8.01. The van der Waals surface area contributed by atoms with Crippen molar-refractivity contribution in [2.75, 3.05) is 5.32 Å². The van der Waals surface area contributed by atoms with Gasteiger partial charge >= 0.3 is 0 Å². The van der Waals surface area contributed by atoms with Crippen LogP contribution in [-0.2, 0) is 7.05 Å². The molecule has 0 bridgehead atoms. The van der Waals surface area contributed by atoms with Crippen LogP contribution in [0.5, 0.6) is 11.5 Å². The van der Waals surface area contributed by atoms with Crippen LogP contribution < -0.4 is 10.1 Å². The molecule has 7 nitrogen and oxygen atoms in total. The lowest BCUT2D eigenvalue weighted by Gasteiger charge is -2.10. The SMILES string of the molecule is Cn1cc(-c2cc(Oc3cccc(NC(=O)c4cccc5[nH]ccc45)c3)ccn2)cn1. The minimum Gasteiger partial charge on any atom is -0.457 e. The molecule has 0 aliphatic carbocycles. The summed E-state index contributed by atoms with van der Waals surface area (Å²) in [6.45, 7) is 0. The lowest BCUT2D eigenvalue weighted by molar-refractivity contribution is 0.102. The van der Waals surface area contributed by atoms with E-state index >= 15 is 0 Å². The molecule has 3 heterocycles. The van der Waals surface area contributed by atoms with Gasteiger partial charge in [-0.3, -0.25) is 14.5 Å². The minimum absolute atomic E-state index is 0.176. The van der Waals surface area contributed by atoms with Crippen molar-refractivity contribution in [2.45, 2.75) is 0 Å². The van der Waals surface area contributed by atoms with E-state index in [1.165, 1.54) is 0 Å². The third-order valence-electron chi connectivity index (χ3n) is 4.90. The van der Waals surface area contributed by atoms with Crippen LogP contribution in [0.25, 0.3) is 22.2 Å². The monoisotopic (exact) mass is 409 g/mol. The third kappa shape index (κ3) is 3.89. The fourth-order valence-electron chi connectivity index (χ4n) is 3.44. The molecule has 0 aliphatic heterocycles. The Balaban J connectivity index is 1.35. The summed E-state index contributed by atoms with van der Waals surface area (Å²) in [5.74, 6) is 1.08. The van der Waals surface area contributed by atoms with Crippen LogP contribution in [0.2, 0.25) is 0 Å². The smallest absolute Gasteiger partial charge is 0.256 e. The standard InChI is InChI=1S/C24H19N5O2/c1-29-15-16(14-27-29)23-13-19(8-10-26-23)31-18-5-2-4-17(12-18)28-24(30)21-6-3-7-22-20(21)9-11-25-22/h2-15,25H,1H3,(H,28,30). The molecule has 0 aliphatic rings. The number of aromatic amines is 1. The molecule has 2 aromatic carbocycles. The van der Waals surface area contributed by atoms with Crippen LogP contribution in [0.1, 0.15) is 10.4 Å². The number of fused-ring (bicyclic) bond motifs is 1. The molecule has 0 saturated heterocycles. The van der Waals surface area contributed by atoms with Gasteiger partial charge in [-0.25, -0.2) is 0 Å². The summed E-state index contributed by atoms with van der Waals surface area (Å²) in [5.41, 5.74) is 3.87. The highest BCUT2D eigenvalue weighted by Gasteiger charge is 2.11. The Morgan fingerprint density at radius 1 is 1.06 bits per heavy atom. The molecule has 2 N–H and O–H groups in total. The van der Waals surface area contributed by atoms with Crippen LogP contribution in [0.15, 0.2) is 85.5 Å². The summed E-state index contributed by atoms with van der Waals surface area (Å²) in [6.07, 6.45) is 7.17. The lowest BCUT2D eigenvalue weighted by Crippen LogP contribution is -2.12. The predicted molar refractivity (Wildman–Crippen MR) is 119 cm³/mol. The van der Waals surface area contributed by atoms with Crippen molar-refractivity contribution in [2.24, 2.45) is 7.05 Å². The summed E-state index contributed by atoms with van der Waals surface area (Å²) in [4.78, 5) is 20.3. The van der Waals surface area contributed by atoms with Crippen LogP contribution in [0, 0.1) is 0 Å². The van der Waals surface area contributed by atoms with Gasteiger partial charge in [-0.1, -0.05) is 12.1 Å². The normalized spacial score (nSPS) is 10.9. The van der Waals surface area contributed by atoms with Gasteiger partial charge in [-0.2, -0.15) is 5.10 Å². The van der Waals surface area contributed by atoms with Crippen molar-refractivity contribution < 1.29 is 9.53 Å². The number of amides is 1. The first-order valence-corrected chi connectivity index (χ1v) is 9.76. The average molecular weight is 409 g/mol. The van der Waals surface area contributed by atoms with Crippen molar-refractivity contribution in [3.05, 3.63) is 91.0 Å². The number of rotatable bonds is 5. The number of nitrogens with one attached hydrogen (secondary N) is 2. The Bertz CT molecular complexity index is 1390. The minimum atomic E-state index is -0.176. The second-order valence-corrected chi connectivity index (χ2v) is 7.11. The highest BCUT2D eigenvalue weighted by Crippen LogP contribution is 2.27. The van der Waals surface area contributed by atoms with E-state index in [-0.39, 0.29) is 5.91 Å². The highest BCUT2D eigenvalue weighted by atomic mass is 16.5. The first-order chi connectivity index (χ1) is 15.2. The van der Waals surface area contributed by atoms with Gasteiger partial charge in [-0.15, -0.1) is 0 Å². The number of aromatic nitrogens is 4. The molecule has 5 rings (SSSR count). The lowest BCUT2D eigenvalue weighted by atomic mass is 10.1. The Hall–Kier alpha value is -4.39. The van der Waals surface area contributed by atoms with Crippen molar-refractivity contribution >= 4 is 22.5 Å². The largest absolute Gasteiger partial charge is 0.457 e. The van der Waals surface area contributed by atoms with Crippen molar-refractivity contribution in [3.63, 3.8) is 0 Å². The van der Waals surface area contributed by atoms with Crippen LogP contribution in [-0.4, -0.2) is 25.7 Å². The van der Waals surface area contributed by atoms with Gasteiger partial charge in [-0.05, 0) is 36.4 Å². The van der Waals surface area contributed by atoms with Gasteiger partial charge in [0.15, 0.2) is 0 Å². The van der Waals surface area contributed by atoms with E-state index in [2.05, 4.69) is 20.4 Å². The number of benzene rings is 2. The van der Waals surface area contributed by atoms with Gasteiger partial charge in [0.05, 0.1) is 11.9 Å². The van der Waals surface area contributed by atoms with Gasteiger partial charge in [0.1, 0.15) is 11.5 Å². The number of anilines is 1. The van der Waals surface area contributed by atoms with Gasteiger partial charge < -0.3 is 15.0 Å². The third-order valence-corrected chi connectivity index (χ3v) is 4.90. The number of ether oxygens (including phenoxy) is 1. The zero-order valence-corrected chi connectivity index (χ0v) is 16.7. The van der Waals surface area contributed by atoms with E-state index in [1.807, 2.05) is 68.0 Å². The van der Waals surface area contributed by atoms with Crippen molar-refractivity contribution in [3.8, 4) is 22.8 Å². The maximum Gasteiger partial charge on any atom is 0.256 e. The Labute approximate surface area is 178 Å². The summed E-state index contributed by atoms with van der Waals surface area (Å²) in [6, 6.07) is 18.4. The molecule has 0 atom stereocenters. The van der Waals surface area contributed by atoms with Crippen LogP contribution in [0.4, 0.5) is 5.69 Å². The molecule has 31 heavy (non-hydrogen) atoms. The van der Waals surface area contributed by atoms with E-state index < -0.39 is 0 Å². The summed E-state index contributed by atoms with van der Waals surface area (Å²) < 4.78 is 7.74. The molecule has 3 aromatic heterocycles. The Kier molecular flexibility index (Phi) is 4.68. The molecule has 0 radical (unpaired) electrons. The molecule has 0 spiro atoms. The van der Waals surface area contributed by atoms with E-state index in [0.717, 1.165) is 22.2 Å². The second-order valence-electron chi connectivity index (χ2n) is 7.11. The molecular formula is C24H19N5O2. The number of pyridine rings is 1. The van der Waals surface area contributed by atoms with Crippen LogP contribution >= 0.6 is 0 Å². The Morgan fingerprint density at radius 3 is 2.81 bits per heavy atom.